The third-order valence-electron chi connectivity index (χ3n) is 7.29. The number of ether oxygens (including phenoxy) is 1. The second-order valence-electron chi connectivity index (χ2n) is 9.87. The minimum absolute atomic E-state index is 0.0668. The molecule has 1 atom stereocenters. The summed E-state index contributed by atoms with van der Waals surface area (Å²) < 4.78 is 5.39. The van der Waals surface area contributed by atoms with Crippen LogP contribution in [-0.4, -0.2) is 72.3 Å². The summed E-state index contributed by atoms with van der Waals surface area (Å²) in [6.45, 7) is 5.27. The molecule has 0 aliphatic carbocycles. The molecule has 3 aliphatic heterocycles. The Balaban J connectivity index is 1.10. The first-order chi connectivity index (χ1) is 18.0. The van der Waals surface area contributed by atoms with Crippen LogP contribution in [0.15, 0.2) is 42.5 Å². The molecule has 2 aromatic rings. The SMILES string of the molecule is O=C(Cc1ccc(CCN2CCOCC2)cc1)NCc1ccc2c(c1)CN(C1CCC(=O)NC1=O)C2=O. The van der Waals surface area contributed by atoms with Gasteiger partial charge in [0.05, 0.1) is 19.6 Å². The maximum Gasteiger partial charge on any atom is 0.255 e. The largest absolute Gasteiger partial charge is 0.379 e. The fraction of sp³-hybridized carbons (Fsp3) is 0.429. The van der Waals surface area contributed by atoms with Crippen molar-refractivity contribution >= 4 is 23.6 Å². The number of nitrogens with one attached hydrogen (secondary N) is 2. The zero-order valence-corrected chi connectivity index (χ0v) is 20.8. The average Bonchev–Trinajstić information content (AvgIpc) is 3.23. The predicted molar refractivity (Wildman–Crippen MR) is 135 cm³/mol. The molecular formula is C28H32N4O5. The smallest absolute Gasteiger partial charge is 0.255 e. The van der Waals surface area contributed by atoms with Crippen LogP contribution in [0.5, 0.6) is 0 Å². The van der Waals surface area contributed by atoms with Crippen LogP contribution in [-0.2, 0) is 45.1 Å². The fourth-order valence-corrected chi connectivity index (χ4v) is 5.12. The van der Waals surface area contributed by atoms with Gasteiger partial charge in [-0.3, -0.25) is 29.4 Å². The summed E-state index contributed by atoms with van der Waals surface area (Å²) in [5.41, 5.74) is 4.51. The van der Waals surface area contributed by atoms with E-state index in [0.29, 0.717) is 31.5 Å². The number of carbonyl (C=O) groups excluding carboxylic acids is 4. The number of piperidine rings is 1. The van der Waals surface area contributed by atoms with Crippen LogP contribution in [0.3, 0.4) is 0 Å². The van der Waals surface area contributed by atoms with Crippen molar-refractivity contribution in [3.8, 4) is 0 Å². The maximum atomic E-state index is 12.8. The number of benzene rings is 2. The average molecular weight is 505 g/mol. The summed E-state index contributed by atoms with van der Waals surface area (Å²) in [6.07, 6.45) is 1.85. The Morgan fingerprint density at radius 2 is 1.73 bits per heavy atom. The number of hydrogen-bond acceptors (Lipinski definition) is 6. The van der Waals surface area contributed by atoms with E-state index < -0.39 is 11.9 Å². The van der Waals surface area contributed by atoms with Crippen LogP contribution in [0.2, 0.25) is 0 Å². The van der Waals surface area contributed by atoms with Gasteiger partial charge in [0.15, 0.2) is 0 Å². The number of amides is 4. The lowest BCUT2D eigenvalue weighted by atomic mass is 10.0. The quantitative estimate of drug-likeness (QED) is 0.523. The lowest BCUT2D eigenvalue weighted by molar-refractivity contribution is -0.137. The van der Waals surface area contributed by atoms with Crippen LogP contribution in [0.4, 0.5) is 0 Å². The summed E-state index contributed by atoms with van der Waals surface area (Å²) in [5.74, 6) is -0.991. The van der Waals surface area contributed by atoms with Crippen molar-refractivity contribution in [2.24, 2.45) is 0 Å². The third kappa shape index (κ3) is 6.06. The molecule has 9 nitrogen and oxygen atoms in total. The van der Waals surface area contributed by atoms with Crippen molar-refractivity contribution in [1.29, 1.82) is 0 Å². The standard InChI is InChI=1S/C28H32N4O5/c33-25-8-7-24(27(35)30-25)32-18-22-15-21(5-6-23(22)28(32)36)17-29-26(34)16-20-3-1-19(2-4-20)9-10-31-11-13-37-14-12-31/h1-6,15,24H,7-14,16-18H2,(H,29,34)(H,30,33,35). The molecule has 0 spiro atoms. The van der Waals surface area contributed by atoms with Gasteiger partial charge in [-0.15, -0.1) is 0 Å². The van der Waals surface area contributed by atoms with Crippen molar-refractivity contribution < 1.29 is 23.9 Å². The Morgan fingerprint density at radius 1 is 1.00 bits per heavy atom. The summed E-state index contributed by atoms with van der Waals surface area (Å²) in [6, 6.07) is 13.1. The van der Waals surface area contributed by atoms with Gasteiger partial charge < -0.3 is 15.0 Å². The molecule has 4 amide bonds. The highest BCUT2D eigenvalue weighted by Crippen LogP contribution is 2.28. The molecule has 0 saturated carbocycles. The van der Waals surface area contributed by atoms with E-state index in [9.17, 15) is 19.2 Å². The van der Waals surface area contributed by atoms with Crippen LogP contribution < -0.4 is 10.6 Å². The first-order valence-corrected chi connectivity index (χ1v) is 12.9. The van der Waals surface area contributed by atoms with E-state index in [-0.39, 0.29) is 24.1 Å². The van der Waals surface area contributed by atoms with Gasteiger partial charge in [-0.05, 0) is 41.2 Å². The summed E-state index contributed by atoms with van der Waals surface area (Å²) >= 11 is 0. The van der Waals surface area contributed by atoms with E-state index in [1.807, 2.05) is 24.3 Å². The monoisotopic (exact) mass is 504 g/mol. The molecule has 5 rings (SSSR count). The van der Waals surface area contributed by atoms with Crippen LogP contribution in [0.1, 0.15) is 45.5 Å². The van der Waals surface area contributed by atoms with Gasteiger partial charge >= 0.3 is 0 Å². The second kappa shape index (κ2) is 11.2. The Labute approximate surface area is 216 Å². The van der Waals surface area contributed by atoms with Crippen molar-refractivity contribution in [3.63, 3.8) is 0 Å². The molecular weight excluding hydrogens is 472 g/mol. The normalized spacial score (nSPS) is 20.1. The number of hydrogen-bond donors (Lipinski definition) is 2. The zero-order valence-electron chi connectivity index (χ0n) is 20.8. The molecule has 0 aromatic heterocycles. The highest BCUT2D eigenvalue weighted by molar-refractivity contribution is 6.05. The zero-order chi connectivity index (χ0) is 25.8. The Hall–Kier alpha value is -3.56. The summed E-state index contributed by atoms with van der Waals surface area (Å²) in [5, 5.41) is 5.28. The molecule has 194 valence electrons. The Bertz CT molecular complexity index is 1190. The van der Waals surface area contributed by atoms with Crippen LogP contribution >= 0.6 is 0 Å². The van der Waals surface area contributed by atoms with Crippen LogP contribution in [0, 0.1) is 0 Å². The minimum Gasteiger partial charge on any atom is -0.379 e. The highest BCUT2D eigenvalue weighted by atomic mass is 16.5. The fourth-order valence-electron chi connectivity index (χ4n) is 5.12. The molecule has 0 bridgehead atoms. The van der Waals surface area contributed by atoms with Crippen molar-refractivity contribution in [1.82, 2.24) is 20.4 Å². The molecule has 3 aliphatic rings. The number of imide groups is 1. The molecule has 9 heteroatoms. The first-order valence-electron chi connectivity index (χ1n) is 12.9. The van der Waals surface area contributed by atoms with Gasteiger partial charge in [0.2, 0.25) is 17.7 Å². The Morgan fingerprint density at radius 3 is 2.49 bits per heavy atom. The lowest BCUT2D eigenvalue weighted by Crippen LogP contribution is -2.52. The van der Waals surface area contributed by atoms with E-state index in [2.05, 4.69) is 27.7 Å². The number of morpholine rings is 1. The van der Waals surface area contributed by atoms with Crippen molar-refractivity contribution in [3.05, 3.63) is 70.3 Å². The molecule has 0 radical (unpaired) electrons. The molecule has 2 N–H and O–H groups in total. The first kappa shape index (κ1) is 25.1. The molecule has 2 saturated heterocycles. The van der Waals surface area contributed by atoms with Gasteiger partial charge in [-0.25, -0.2) is 0 Å². The van der Waals surface area contributed by atoms with Crippen LogP contribution in [0.25, 0.3) is 0 Å². The highest BCUT2D eigenvalue weighted by Gasteiger charge is 2.39. The maximum absolute atomic E-state index is 12.8. The molecule has 3 heterocycles. The number of rotatable bonds is 8. The van der Waals surface area contributed by atoms with E-state index in [1.54, 1.807) is 6.07 Å². The summed E-state index contributed by atoms with van der Waals surface area (Å²) in [7, 11) is 0. The van der Waals surface area contributed by atoms with Crippen molar-refractivity contribution in [2.45, 2.75) is 44.8 Å². The molecule has 2 fully saturated rings. The van der Waals surface area contributed by atoms with Gasteiger partial charge in [0.1, 0.15) is 6.04 Å². The van der Waals surface area contributed by atoms with Crippen molar-refractivity contribution in [2.75, 3.05) is 32.8 Å². The van der Waals surface area contributed by atoms with Gasteiger partial charge in [-0.2, -0.15) is 0 Å². The Kier molecular flexibility index (Phi) is 7.62. The number of fused-ring (bicyclic) bond motifs is 1. The minimum atomic E-state index is -0.633. The van der Waals surface area contributed by atoms with Gasteiger partial charge in [-0.1, -0.05) is 36.4 Å². The van der Waals surface area contributed by atoms with E-state index >= 15 is 0 Å². The van der Waals surface area contributed by atoms with E-state index in [4.69, 9.17) is 4.74 Å². The number of carbonyl (C=O) groups is 4. The van der Waals surface area contributed by atoms with Gasteiger partial charge in [0, 0.05) is 44.7 Å². The number of nitrogens with zero attached hydrogens (tertiary/aromatic N) is 2. The third-order valence-corrected chi connectivity index (χ3v) is 7.29. The lowest BCUT2D eigenvalue weighted by Gasteiger charge is -2.29. The molecule has 2 aromatic carbocycles. The second-order valence-corrected chi connectivity index (χ2v) is 9.87. The predicted octanol–water partition coefficient (Wildman–Crippen LogP) is 1.18. The molecule has 1 unspecified atom stereocenters. The molecule has 37 heavy (non-hydrogen) atoms. The van der Waals surface area contributed by atoms with Gasteiger partial charge in [0.25, 0.3) is 5.91 Å². The van der Waals surface area contributed by atoms with E-state index in [1.165, 1.54) is 10.5 Å². The van der Waals surface area contributed by atoms with E-state index in [0.717, 1.165) is 56.0 Å². The topological polar surface area (TPSA) is 108 Å². The summed E-state index contributed by atoms with van der Waals surface area (Å²) in [4.78, 5) is 53.0.